The fourth-order valence-electron chi connectivity index (χ4n) is 4.10. The number of fused-ring (bicyclic) bond motifs is 1. The van der Waals surface area contributed by atoms with Crippen molar-refractivity contribution in [1.82, 2.24) is 19.9 Å². The summed E-state index contributed by atoms with van der Waals surface area (Å²) in [6.45, 7) is 1.09. The molecule has 0 amide bonds. The van der Waals surface area contributed by atoms with E-state index in [2.05, 4.69) is 19.9 Å². The minimum Gasteiger partial charge on any atom is -0.399 e. The van der Waals surface area contributed by atoms with Gasteiger partial charge in [0.25, 0.3) is 0 Å². The first-order valence-electron chi connectivity index (χ1n) is 11.5. The average molecular weight is 570 g/mol. The molecule has 0 saturated heterocycles. The van der Waals surface area contributed by atoms with Crippen molar-refractivity contribution in [2.75, 3.05) is 12.3 Å². The Kier molecular flexibility index (Phi) is 6.99. The summed E-state index contributed by atoms with van der Waals surface area (Å²) in [5.74, 6) is 0. The Morgan fingerprint density at radius 1 is 1.21 bits per heavy atom. The summed E-state index contributed by atoms with van der Waals surface area (Å²) in [5.41, 5.74) is 7.49. The number of rotatable bonds is 8. The van der Waals surface area contributed by atoms with Gasteiger partial charge >= 0.3 is 0 Å². The predicted molar refractivity (Wildman–Crippen MR) is 148 cm³/mol. The van der Waals surface area contributed by atoms with E-state index in [0.717, 1.165) is 15.6 Å². The lowest BCUT2D eigenvalue weighted by Crippen LogP contribution is -2.29. The molecule has 0 aliphatic carbocycles. The first-order valence-corrected chi connectivity index (χ1v) is 14.2. The van der Waals surface area contributed by atoms with Crippen molar-refractivity contribution in [3.63, 3.8) is 0 Å². The fourth-order valence-corrected chi connectivity index (χ4v) is 6.75. The number of halogens is 1. The van der Waals surface area contributed by atoms with Gasteiger partial charge in [-0.1, -0.05) is 29.8 Å². The summed E-state index contributed by atoms with van der Waals surface area (Å²) < 4.78 is 30.1. The number of pyridine rings is 1. The molecule has 3 heterocycles. The van der Waals surface area contributed by atoms with Crippen molar-refractivity contribution in [2.24, 2.45) is 0 Å². The highest BCUT2D eigenvalue weighted by molar-refractivity contribution is 7.89. The number of benzene rings is 2. The first kappa shape index (κ1) is 26.3. The molecule has 9 nitrogen and oxygen atoms in total. The smallest absolute Gasteiger partial charge is 0.244 e. The third-order valence-electron chi connectivity index (χ3n) is 6.20. The number of nitrogens with two attached hydrogens (primary N) is 1. The number of anilines is 1. The van der Waals surface area contributed by atoms with Crippen molar-refractivity contribution in [2.45, 2.75) is 23.5 Å². The third-order valence-corrected chi connectivity index (χ3v) is 9.18. The van der Waals surface area contributed by atoms with Gasteiger partial charge in [-0.15, -0.1) is 11.3 Å². The second kappa shape index (κ2) is 10.1. The zero-order valence-electron chi connectivity index (χ0n) is 20.1. The van der Waals surface area contributed by atoms with E-state index in [0.29, 0.717) is 32.4 Å². The van der Waals surface area contributed by atoms with E-state index in [1.54, 1.807) is 36.5 Å². The quantitative estimate of drug-likeness (QED) is 0.175. The Bertz CT molecular complexity index is 1720. The van der Waals surface area contributed by atoms with Crippen LogP contribution >= 0.6 is 22.9 Å². The number of nitrogens with one attached hydrogen (secondary N) is 2. The van der Waals surface area contributed by atoms with Gasteiger partial charge in [0.05, 0.1) is 24.5 Å². The van der Waals surface area contributed by atoms with E-state index in [4.69, 9.17) is 17.3 Å². The lowest BCUT2D eigenvalue weighted by atomic mass is 9.96. The number of thiophene rings is 1. The van der Waals surface area contributed by atoms with E-state index < -0.39 is 28.3 Å². The number of aromatic amines is 1. The highest BCUT2D eigenvalue weighted by atomic mass is 35.5. The molecule has 0 aliphatic heterocycles. The molecule has 0 unspecified atom stereocenters. The van der Waals surface area contributed by atoms with Crippen LogP contribution in [0.3, 0.4) is 0 Å². The van der Waals surface area contributed by atoms with Crippen LogP contribution in [0.1, 0.15) is 29.0 Å². The maximum Gasteiger partial charge on any atom is 0.244 e. The summed E-state index contributed by atoms with van der Waals surface area (Å²) in [5, 5.41) is 27.7. The van der Waals surface area contributed by atoms with E-state index >= 15 is 0 Å². The Morgan fingerprint density at radius 3 is 2.76 bits per heavy atom. The molecule has 0 radical (unpaired) electrons. The molecule has 38 heavy (non-hydrogen) atoms. The minimum atomic E-state index is -3.97. The monoisotopic (exact) mass is 569 g/mol. The Labute approximate surface area is 228 Å². The number of aliphatic hydroxyl groups excluding tert-OH is 1. The second-order valence-corrected chi connectivity index (χ2v) is 12.2. The molecule has 5 aromatic rings. The molecule has 0 bridgehead atoms. The molecule has 196 valence electrons. The molecule has 0 spiro atoms. The number of H-pyrrole nitrogens is 1. The van der Waals surface area contributed by atoms with Gasteiger partial charge in [0.1, 0.15) is 10.5 Å². The van der Waals surface area contributed by atoms with Gasteiger partial charge in [-0.25, -0.2) is 8.42 Å². The van der Waals surface area contributed by atoms with Crippen LogP contribution in [0.25, 0.3) is 21.3 Å². The number of aromatic nitrogens is 3. The maximum absolute atomic E-state index is 13.2. The molecule has 3 aromatic heterocycles. The van der Waals surface area contributed by atoms with Crippen LogP contribution in [0.4, 0.5) is 5.69 Å². The standard InChI is InChI=1S/C26H24ClN5O4S2/c1-26(34,14-33)16-7-8-29-22(10-16)19-4-2-3-15-9-23(37-25(15)19)24(20-11-17(28)5-6-21(20)27)32-38(35,36)18-12-30-31-13-18/h2-13,24,32-34H,14,28H2,1H3,(H,30,31)/t24-,26-/m1/s1. The van der Waals surface area contributed by atoms with Crippen molar-refractivity contribution in [3.8, 4) is 11.3 Å². The molecule has 2 atom stereocenters. The highest BCUT2D eigenvalue weighted by Crippen LogP contribution is 2.41. The highest BCUT2D eigenvalue weighted by Gasteiger charge is 2.28. The Morgan fingerprint density at radius 2 is 2.03 bits per heavy atom. The van der Waals surface area contributed by atoms with E-state index in [1.165, 1.54) is 30.7 Å². The molecular formula is C26H24ClN5O4S2. The summed E-state index contributed by atoms with van der Waals surface area (Å²) in [6.07, 6.45) is 4.10. The van der Waals surface area contributed by atoms with Crippen LogP contribution in [0.2, 0.25) is 5.02 Å². The van der Waals surface area contributed by atoms with Gasteiger partial charge in [-0.2, -0.15) is 9.82 Å². The number of nitrogens with zero attached hydrogens (tertiary/aromatic N) is 2. The largest absolute Gasteiger partial charge is 0.399 e. The van der Waals surface area contributed by atoms with E-state index in [1.807, 2.05) is 24.3 Å². The number of hydrogen-bond donors (Lipinski definition) is 5. The van der Waals surface area contributed by atoms with Crippen LogP contribution < -0.4 is 10.5 Å². The summed E-state index contributed by atoms with van der Waals surface area (Å²) in [6, 6.07) is 15.1. The molecule has 12 heteroatoms. The van der Waals surface area contributed by atoms with Gasteiger partial charge in [-0.3, -0.25) is 10.1 Å². The number of sulfonamides is 1. The molecule has 6 N–H and O–H groups in total. The van der Waals surface area contributed by atoms with Crippen LogP contribution in [-0.4, -0.2) is 40.4 Å². The van der Waals surface area contributed by atoms with Crippen LogP contribution in [0, 0.1) is 0 Å². The molecule has 0 aliphatic rings. The van der Waals surface area contributed by atoms with E-state index in [9.17, 15) is 18.6 Å². The summed E-state index contributed by atoms with van der Waals surface area (Å²) >= 11 is 7.93. The first-order chi connectivity index (χ1) is 18.1. The molecule has 0 saturated carbocycles. The normalized spacial score (nSPS) is 14.4. The van der Waals surface area contributed by atoms with E-state index in [-0.39, 0.29) is 4.90 Å². The van der Waals surface area contributed by atoms with Crippen molar-refractivity contribution < 1.29 is 18.6 Å². The second-order valence-electron chi connectivity index (χ2n) is 9.00. The van der Waals surface area contributed by atoms with Gasteiger partial charge < -0.3 is 15.9 Å². The Hall–Kier alpha value is -3.32. The van der Waals surface area contributed by atoms with Gasteiger partial charge in [-0.05, 0) is 59.8 Å². The molecular weight excluding hydrogens is 546 g/mol. The zero-order chi connectivity index (χ0) is 27.1. The predicted octanol–water partition coefficient (Wildman–Crippen LogP) is 4.19. The van der Waals surface area contributed by atoms with Gasteiger partial charge in [0, 0.05) is 38.2 Å². The van der Waals surface area contributed by atoms with Crippen LogP contribution in [0.5, 0.6) is 0 Å². The summed E-state index contributed by atoms with van der Waals surface area (Å²) in [4.78, 5) is 5.17. The topological polar surface area (TPSA) is 154 Å². The lowest BCUT2D eigenvalue weighted by molar-refractivity contribution is -0.00230. The number of aliphatic hydroxyl groups is 2. The summed E-state index contributed by atoms with van der Waals surface area (Å²) in [7, 11) is -3.97. The van der Waals surface area contributed by atoms with Gasteiger partial charge in [0.2, 0.25) is 10.0 Å². The fraction of sp³-hybridized carbons (Fsp3) is 0.154. The minimum absolute atomic E-state index is 0.0127. The SMILES string of the molecule is C[C@@](O)(CO)c1ccnc(-c2cccc3cc([C@H](NS(=O)(=O)c4cn[nH]c4)c4cc(N)ccc4Cl)sc23)c1. The van der Waals surface area contributed by atoms with Crippen molar-refractivity contribution in [3.05, 3.63) is 94.2 Å². The third kappa shape index (κ3) is 5.04. The average Bonchev–Trinajstić information content (AvgIpc) is 3.60. The maximum atomic E-state index is 13.2. The van der Waals surface area contributed by atoms with Crippen LogP contribution in [-0.2, 0) is 15.6 Å². The molecule has 5 rings (SSSR count). The Balaban J connectivity index is 1.66. The number of nitrogen functional groups attached to an aromatic ring is 1. The van der Waals surface area contributed by atoms with Gasteiger partial charge in [0.15, 0.2) is 0 Å². The van der Waals surface area contributed by atoms with Crippen molar-refractivity contribution in [1.29, 1.82) is 0 Å². The molecule has 0 fully saturated rings. The van der Waals surface area contributed by atoms with Crippen LogP contribution in [0.15, 0.2) is 78.1 Å². The lowest BCUT2D eigenvalue weighted by Gasteiger charge is -2.21. The zero-order valence-corrected chi connectivity index (χ0v) is 22.5. The van der Waals surface area contributed by atoms with Crippen molar-refractivity contribution >= 4 is 48.7 Å². The molecule has 2 aromatic carbocycles. The number of hydrogen-bond acceptors (Lipinski definition) is 8.